The van der Waals surface area contributed by atoms with Gasteiger partial charge in [-0.2, -0.15) is 0 Å². The Bertz CT molecular complexity index is 959. The van der Waals surface area contributed by atoms with Crippen LogP contribution in [0.15, 0.2) is 54.6 Å². The van der Waals surface area contributed by atoms with Gasteiger partial charge in [0.25, 0.3) is 0 Å². The Labute approximate surface area is 171 Å². The molecular weight excluding hydrogens is 362 g/mol. The van der Waals surface area contributed by atoms with E-state index in [1.165, 1.54) is 0 Å². The number of aromatic nitrogens is 2. The number of para-hydroxylation sites is 2. The molecule has 2 aliphatic heterocycles. The van der Waals surface area contributed by atoms with Gasteiger partial charge in [-0.05, 0) is 43.4 Å². The monoisotopic (exact) mass is 389 g/mol. The summed E-state index contributed by atoms with van der Waals surface area (Å²) < 4.78 is 5.62. The van der Waals surface area contributed by atoms with E-state index >= 15 is 0 Å². The van der Waals surface area contributed by atoms with Crippen LogP contribution in [0, 0.1) is 0 Å². The predicted molar refractivity (Wildman–Crippen MR) is 113 cm³/mol. The molecule has 1 N–H and O–H groups in total. The summed E-state index contributed by atoms with van der Waals surface area (Å²) in [5.41, 5.74) is 2.72. The molecule has 2 aliphatic rings. The second-order valence-corrected chi connectivity index (χ2v) is 8.29. The molecular formula is C24H27N3O2. The summed E-state index contributed by atoms with van der Waals surface area (Å²) in [5.74, 6) is 1.52. The minimum absolute atomic E-state index is 0.257. The number of benzene rings is 2. The summed E-state index contributed by atoms with van der Waals surface area (Å²) in [6, 6.07) is 18.4. The number of nitrogens with one attached hydrogen (secondary N) is 1. The van der Waals surface area contributed by atoms with Crippen molar-refractivity contribution >= 4 is 16.9 Å². The van der Waals surface area contributed by atoms with Crippen LogP contribution < -0.4 is 0 Å². The van der Waals surface area contributed by atoms with Gasteiger partial charge in [0.15, 0.2) is 0 Å². The van der Waals surface area contributed by atoms with Gasteiger partial charge < -0.3 is 14.6 Å². The first kappa shape index (κ1) is 18.4. The average molecular weight is 389 g/mol. The van der Waals surface area contributed by atoms with Crippen molar-refractivity contribution in [3.05, 3.63) is 66.0 Å². The maximum atomic E-state index is 13.9. The van der Waals surface area contributed by atoms with Crippen LogP contribution in [0.3, 0.4) is 0 Å². The van der Waals surface area contributed by atoms with Crippen molar-refractivity contribution in [3.63, 3.8) is 0 Å². The Morgan fingerprint density at radius 3 is 2.62 bits per heavy atom. The summed E-state index contributed by atoms with van der Waals surface area (Å²) >= 11 is 0. The Hall–Kier alpha value is -2.66. The van der Waals surface area contributed by atoms with Crippen molar-refractivity contribution in [2.24, 2.45) is 0 Å². The number of likely N-dealkylation sites (tertiary alicyclic amines) is 1. The Morgan fingerprint density at radius 1 is 1.07 bits per heavy atom. The summed E-state index contributed by atoms with van der Waals surface area (Å²) in [6.45, 7) is 2.84. The summed E-state index contributed by atoms with van der Waals surface area (Å²) in [4.78, 5) is 24.2. The molecule has 0 saturated carbocycles. The van der Waals surface area contributed by atoms with E-state index in [4.69, 9.17) is 9.72 Å². The normalized spacial score (nSPS) is 21.9. The van der Waals surface area contributed by atoms with Crippen LogP contribution in [0.5, 0.6) is 0 Å². The van der Waals surface area contributed by atoms with Crippen molar-refractivity contribution in [2.45, 2.75) is 37.0 Å². The first-order valence-electron chi connectivity index (χ1n) is 10.6. The molecule has 5 nitrogen and oxygen atoms in total. The molecule has 2 fully saturated rings. The Morgan fingerprint density at radius 2 is 1.83 bits per heavy atom. The lowest BCUT2D eigenvalue weighted by Crippen LogP contribution is -2.52. The van der Waals surface area contributed by atoms with Crippen molar-refractivity contribution in [1.29, 1.82) is 0 Å². The maximum absolute atomic E-state index is 13.9. The van der Waals surface area contributed by atoms with Crippen LogP contribution in [0.4, 0.5) is 0 Å². The summed E-state index contributed by atoms with van der Waals surface area (Å²) in [7, 11) is 0. The number of carbonyl (C=O) groups is 1. The molecule has 2 aromatic carbocycles. The number of carbonyl (C=O) groups excluding carboxylic acids is 1. The number of aromatic amines is 1. The third kappa shape index (κ3) is 3.33. The van der Waals surface area contributed by atoms with E-state index in [1.807, 2.05) is 36.4 Å². The number of H-pyrrole nitrogens is 1. The molecule has 2 saturated heterocycles. The zero-order chi connectivity index (χ0) is 19.7. The van der Waals surface area contributed by atoms with Crippen LogP contribution in [0.25, 0.3) is 11.0 Å². The molecule has 0 radical (unpaired) electrons. The largest absolute Gasteiger partial charge is 0.381 e. The number of hydrogen-bond acceptors (Lipinski definition) is 3. The fraction of sp³-hybridized carbons (Fsp3) is 0.417. The zero-order valence-corrected chi connectivity index (χ0v) is 16.6. The molecule has 0 bridgehead atoms. The highest BCUT2D eigenvalue weighted by Gasteiger charge is 2.45. The molecule has 5 heteroatoms. The van der Waals surface area contributed by atoms with Gasteiger partial charge in [-0.25, -0.2) is 4.98 Å². The number of hydrogen-bond donors (Lipinski definition) is 1. The molecule has 0 aliphatic carbocycles. The molecule has 3 aromatic rings. The van der Waals surface area contributed by atoms with E-state index in [9.17, 15) is 4.79 Å². The first-order chi connectivity index (χ1) is 14.3. The molecule has 1 unspecified atom stereocenters. The minimum atomic E-state index is -0.463. The molecule has 5 rings (SSSR count). The van der Waals surface area contributed by atoms with Crippen LogP contribution in [-0.4, -0.2) is 47.1 Å². The van der Waals surface area contributed by atoms with Crippen molar-refractivity contribution in [2.75, 3.05) is 26.3 Å². The van der Waals surface area contributed by atoms with E-state index in [0.717, 1.165) is 61.2 Å². The van der Waals surface area contributed by atoms with E-state index in [1.54, 1.807) is 0 Å². The Kier molecular flexibility index (Phi) is 4.84. The minimum Gasteiger partial charge on any atom is -0.381 e. The number of imidazole rings is 1. The molecule has 150 valence electrons. The van der Waals surface area contributed by atoms with E-state index in [0.29, 0.717) is 13.2 Å². The molecule has 3 heterocycles. The van der Waals surface area contributed by atoms with Crippen LogP contribution in [0.2, 0.25) is 0 Å². The van der Waals surface area contributed by atoms with Gasteiger partial charge in [-0.1, -0.05) is 42.5 Å². The highest BCUT2D eigenvalue weighted by atomic mass is 16.5. The quantitative estimate of drug-likeness (QED) is 0.736. The number of piperidine rings is 1. The third-order valence-corrected chi connectivity index (χ3v) is 6.59. The lowest BCUT2D eigenvalue weighted by Gasteiger charge is -2.42. The molecule has 1 amide bonds. The number of fused-ring (bicyclic) bond motifs is 1. The Balaban J connectivity index is 1.42. The van der Waals surface area contributed by atoms with E-state index in [-0.39, 0.29) is 11.8 Å². The van der Waals surface area contributed by atoms with Gasteiger partial charge in [0.05, 0.1) is 16.4 Å². The van der Waals surface area contributed by atoms with Crippen molar-refractivity contribution in [1.82, 2.24) is 14.9 Å². The number of rotatable bonds is 3. The zero-order valence-electron chi connectivity index (χ0n) is 16.6. The lowest BCUT2D eigenvalue weighted by atomic mass is 9.72. The lowest BCUT2D eigenvalue weighted by molar-refractivity contribution is -0.142. The second-order valence-electron chi connectivity index (χ2n) is 8.29. The average Bonchev–Trinajstić information content (AvgIpc) is 3.24. The SMILES string of the molecule is O=C(N1CCCC(c2nc3ccccc3[nH]2)C1)C1(c2ccccc2)CCOCC1. The van der Waals surface area contributed by atoms with Gasteiger partial charge in [-0.3, -0.25) is 4.79 Å². The fourth-order valence-electron chi connectivity index (χ4n) is 4.96. The summed E-state index contributed by atoms with van der Waals surface area (Å²) in [6.07, 6.45) is 3.57. The van der Waals surface area contributed by atoms with Crippen molar-refractivity contribution in [3.8, 4) is 0 Å². The molecule has 0 spiro atoms. The van der Waals surface area contributed by atoms with Gasteiger partial charge >= 0.3 is 0 Å². The van der Waals surface area contributed by atoms with Crippen LogP contribution >= 0.6 is 0 Å². The van der Waals surface area contributed by atoms with E-state index < -0.39 is 5.41 Å². The topological polar surface area (TPSA) is 58.2 Å². The van der Waals surface area contributed by atoms with Gasteiger partial charge in [-0.15, -0.1) is 0 Å². The standard InChI is InChI=1S/C24H27N3O2/c28-23(24(12-15-29-16-13-24)19-8-2-1-3-9-19)27-14-6-7-18(17-27)22-25-20-10-4-5-11-21(20)26-22/h1-5,8-11,18H,6-7,12-17H2,(H,25,26). The molecule has 1 atom stereocenters. The second kappa shape index (κ2) is 7.64. The fourth-order valence-corrected chi connectivity index (χ4v) is 4.96. The highest BCUT2D eigenvalue weighted by molar-refractivity contribution is 5.88. The predicted octanol–water partition coefficient (Wildman–Crippen LogP) is 4.02. The van der Waals surface area contributed by atoms with Gasteiger partial charge in [0.1, 0.15) is 5.82 Å². The number of ether oxygens (including phenoxy) is 1. The van der Waals surface area contributed by atoms with Crippen molar-refractivity contribution < 1.29 is 9.53 Å². The van der Waals surface area contributed by atoms with E-state index in [2.05, 4.69) is 28.1 Å². The number of nitrogens with zero attached hydrogens (tertiary/aromatic N) is 2. The maximum Gasteiger partial charge on any atom is 0.233 e. The van der Waals surface area contributed by atoms with Gasteiger partial charge in [0.2, 0.25) is 5.91 Å². The first-order valence-corrected chi connectivity index (χ1v) is 10.6. The molecule has 29 heavy (non-hydrogen) atoms. The number of amides is 1. The van der Waals surface area contributed by atoms with Crippen LogP contribution in [-0.2, 0) is 14.9 Å². The highest BCUT2D eigenvalue weighted by Crippen LogP contribution is 2.38. The van der Waals surface area contributed by atoms with Crippen LogP contribution in [0.1, 0.15) is 43.0 Å². The molecule has 1 aromatic heterocycles. The third-order valence-electron chi connectivity index (χ3n) is 6.59. The van der Waals surface area contributed by atoms with Gasteiger partial charge in [0, 0.05) is 32.2 Å². The summed E-state index contributed by atoms with van der Waals surface area (Å²) in [5, 5.41) is 0. The smallest absolute Gasteiger partial charge is 0.233 e.